The zero-order valence-electron chi connectivity index (χ0n) is 14.1. The van der Waals surface area contributed by atoms with Gasteiger partial charge in [-0.15, -0.1) is 0 Å². The van der Waals surface area contributed by atoms with Gasteiger partial charge in [0, 0.05) is 0 Å². The standard InChI is InChI=1S/C21H15NO4/c1-2-26-21(25)13-7-9-16(10-8-13)22-19(23)17-11-14-5-3-4-6-15(14)12-18(17)20(22)24/h3-12H,2H2,1H3. The summed E-state index contributed by atoms with van der Waals surface area (Å²) in [7, 11) is 0. The summed E-state index contributed by atoms with van der Waals surface area (Å²) in [6.07, 6.45) is 0. The number of rotatable bonds is 3. The molecule has 1 aliphatic heterocycles. The van der Waals surface area contributed by atoms with Crippen molar-refractivity contribution in [2.45, 2.75) is 6.92 Å². The van der Waals surface area contributed by atoms with Crippen LogP contribution in [0.5, 0.6) is 0 Å². The molecule has 0 spiro atoms. The van der Waals surface area contributed by atoms with E-state index in [1.165, 1.54) is 0 Å². The minimum atomic E-state index is -0.437. The van der Waals surface area contributed by atoms with Crippen LogP contribution in [0.4, 0.5) is 5.69 Å². The molecule has 26 heavy (non-hydrogen) atoms. The van der Waals surface area contributed by atoms with E-state index in [-0.39, 0.29) is 18.4 Å². The van der Waals surface area contributed by atoms with E-state index < -0.39 is 5.97 Å². The monoisotopic (exact) mass is 345 g/mol. The highest BCUT2D eigenvalue weighted by atomic mass is 16.5. The highest BCUT2D eigenvalue weighted by Crippen LogP contribution is 2.31. The van der Waals surface area contributed by atoms with Crippen molar-refractivity contribution in [3.63, 3.8) is 0 Å². The maximum atomic E-state index is 12.8. The second-order valence-corrected chi connectivity index (χ2v) is 5.96. The Labute approximate surface area is 149 Å². The number of hydrogen-bond acceptors (Lipinski definition) is 4. The van der Waals surface area contributed by atoms with E-state index in [2.05, 4.69) is 0 Å². The predicted molar refractivity (Wildman–Crippen MR) is 97.5 cm³/mol. The number of imide groups is 1. The Balaban J connectivity index is 1.72. The SMILES string of the molecule is CCOC(=O)c1ccc(N2C(=O)c3cc4ccccc4cc3C2=O)cc1. The number of carbonyl (C=O) groups is 3. The van der Waals surface area contributed by atoms with Gasteiger partial charge in [0.15, 0.2) is 0 Å². The molecule has 1 heterocycles. The summed E-state index contributed by atoms with van der Waals surface area (Å²) in [6.45, 7) is 2.02. The summed E-state index contributed by atoms with van der Waals surface area (Å²) >= 11 is 0. The number of anilines is 1. The van der Waals surface area contributed by atoms with Crippen LogP contribution in [-0.4, -0.2) is 24.4 Å². The van der Waals surface area contributed by atoms with Gasteiger partial charge in [0.05, 0.1) is 29.0 Å². The van der Waals surface area contributed by atoms with Crippen LogP contribution < -0.4 is 4.90 Å². The van der Waals surface area contributed by atoms with Gasteiger partial charge in [0.1, 0.15) is 0 Å². The van der Waals surface area contributed by atoms with Crippen molar-refractivity contribution < 1.29 is 19.1 Å². The van der Waals surface area contributed by atoms with Crippen LogP contribution in [0.15, 0.2) is 60.7 Å². The van der Waals surface area contributed by atoms with Crippen LogP contribution in [0, 0.1) is 0 Å². The fourth-order valence-electron chi connectivity index (χ4n) is 3.12. The van der Waals surface area contributed by atoms with Gasteiger partial charge in [0.25, 0.3) is 11.8 Å². The van der Waals surface area contributed by atoms with Crippen LogP contribution in [0.25, 0.3) is 10.8 Å². The number of ether oxygens (including phenoxy) is 1. The largest absolute Gasteiger partial charge is 0.462 e. The highest BCUT2D eigenvalue weighted by Gasteiger charge is 2.36. The maximum Gasteiger partial charge on any atom is 0.338 e. The molecule has 0 aromatic heterocycles. The first kappa shape index (κ1) is 16.0. The molecular weight excluding hydrogens is 330 g/mol. The first-order valence-corrected chi connectivity index (χ1v) is 8.29. The minimum Gasteiger partial charge on any atom is -0.462 e. The molecule has 0 aliphatic carbocycles. The number of hydrogen-bond donors (Lipinski definition) is 0. The van der Waals surface area contributed by atoms with Gasteiger partial charge >= 0.3 is 5.97 Å². The van der Waals surface area contributed by atoms with Gasteiger partial charge < -0.3 is 4.74 Å². The molecule has 128 valence electrons. The summed E-state index contributed by atoms with van der Waals surface area (Å²) in [5.74, 6) is -1.16. The van der Waals surface area contributed by atoms with Crippen LogP contribution in [0.1, 0.15) is 38.0 Å². The molecule has 3 aromatic rings. The van der Waals surface area contributed by atoms with Gasteiger partial charge in [-0.3, -0.25) is 9.59 Å². The topological polar surface area (TPSA) is 63.7 Å². The molecule has 0 radical (unpaired) electrons. The van der Waals surface area contributed by atoms with Gasteiger partial charge in [-0.2, -0.15) is 0 Å². The molecule has 4 rings (SSSR count). The Hall–Kier alpha value is -3.47. The van der Waals surface area contributed by atoms with E-state index in [0.717, 1.165) is 15.7 Å². The quantitative estimate of drug-likeness (QED) is 0.535. The Morgan fingerprint density at radius 2 is 1.42 bits per heavy atom. The molecule has 0 atom stereocenters. The van der Waals surface area contributed by atoms with Crippen LogP contribution in [0.3, 0.4) is 0 Å². The number of nitrogens with zero attached hydrogens (tertiary/aromatic N) is 1. The maximum absolute atomic E-state index is 12.8. The highest BCUT2D eigenvalue weighted by molar-refractivity contribution is 6.35. The Bertz CT molecular complexity index is 999. The minimum absolute atomic E-state index is 0.284. The van der Waals surface area contributed by atoms with E-state index >= 15 is 0 Å². The molecule has 2 amide bonds. The van der Waals surface area contributed by atoms with Crippen LogP contribution in [-0.2, 0) is 4.74 Å². The summed E-state index contributed by atoms with van der Waals surface area (Å²) < 4.78 is 4.94. The van der Waals surface area contributed by atoms with Crippen molar-refractivity contribution in [1.29, 1.82) is 0 Å². The average molecular weight is 345 g/mol. The Morgan fingerprint density at radius 3 is 1.92 bits per heavy atom. The molecule has 0 bridgehead atoms. The summed E-state index contributed by atoms with van der Waals surface area (Å²) in [6, 6.07) is 17.3. The number of esters is 1. The summed E-state index contributed by atoms with van der Waals surface area (Å²) in [5.41, 5.74) is 1.58. The number of carbonyl (C=O) groups excluding carboxylic acids is 3. The lowest BCUT2D eigenvalue weighted by atomic mass is 10.0. The second-order valence-electron chi connectivity index (χ2n) is 5.96. The third-order valence-corrected chi connectivity index (χ3v) is 4.39. The molecule has 1 aliphatic rings. The third-order valence-electron chi connectivity index (χ3n) is 4.39. The summed E-state index contributed by atoms with van der Waals surface area (Å²) in [4.78, 5) is 38.5. The lowest BCUT2D eigenvalue weighted by molar-refractivity contribution is 0.0526. The van der Waals surface area contributed by atoms with Gasteiger partial charge in [-0.1, -0.05) is 24.3 Å². The van der Waals surface area contributed by atoms with Crippen molar-refractivity contribution in [3.05, 3.63) is 77.4 Å². The van der Waals surface area contributed by atoms with Gasteiger partial charge in [-0.25, -0.2) is 9.69 Å². The van der Waals surface area contributed by atoms with E-state index in [1.807, 2.05) is 24.3 Å². The lowest BCUT2D eigenvalue weighted by Crippen LogP contribution is -2.29. The summed E-state index contributed by atoms with van der Waals surface area (Å²) in [5, 5.41) is 1.82. The average Bonchev–Trinajstić information content (AvgIpc) is 2.90. The second kappa shape index (κ2) is 6.11. The molecule has 0 unspecified atom stereocenters. The van der Waals surface area contributed by atoms with Crippen molar-refractivity contribution in [2.24, 2.45) is 0 Å². The predicted octanol–water partition coefficient (Wildman–Crippen LogP) is 3.82. The Morgan fingerprint density at radius 1 is 0.885 bits per heavy atom. The molecule has 0 saturated carbocycles. The smallest absolute Gasteiger partial charge is 0.338 e. The first-order valence-electron chi connectivity index (χ1n) is 8.29. The van der Waals surface area contributed by atoms with Gasteiger partial charge in [0.2, 0.25) is 0 Å². The molecule has 0 saturated heterocycles. The van der Waals surface area contributed by atoms with Crippen LogP contribution in [0.2, 0.25) is 0 Å². The molecule has 5 nitrogen and oxygen atoms in total. The Kier molecular flexibility index (Phi) is 3.77. The molecule has 0 N–H and O–H groups in total. The number of benzene rings is 3. The first-order chi connectivity index (χ1) is 12.6. The van der Waals surface area contributed by atoms with E-state index in [9.17, 15) is 14.4 Å². The molecule has 5 heteroatoms. The van der Waals surface area contributed by atoms with Crippen LogP contribution >= 0.6 is 0 Å². The van der Waals surface area contributed by atoms with E-state index in [0.29, 0.717) is 22.4 Å². The lowest BCUT2D eigenvalue weighted by Gasteiger charge is -2.14. The van der Waals surface area contributed by atoms with Crippen molar-refractivity contribution in [2.75, 3.05) is 11.5 Å². The van der Waals surface area contributed by atoms with Gasteiger partial charge in [-0.05, 0) is 54.1 Å². The van der Waals surface area contributed by atoms with Crippen molar-refractivity contribution >= 4 is 34.2 Å². The fraction of sp³-hybridized carbons (Fsp3) is 0.0952. The molecule has 3 aromatic carbocycles. The number of amides is 2. The number of fused-ring (bicyclic) bond motifs is 2. The van der Waals surface area contributed by atoms with Crippen molar-refractivity contribution in [1.82, 2.24) is 0 Å². The van der Waals surface area contributed by atoms with Crippen molar-refractivity contribution in [3.8, 4) is 0 Å². The normalized spacial score (nSPS) is 13.2. The molecule has 0 fully saturated rings. The zero-order chi connectivity index (χ0) is 18.3. The van der Waals surface area contributed by atoms with E-state index in [4.69, 9.17) is 4.74 Å². The zero-order valence-corrected chi connectivity index (χ0v) is 14.1. The van der Waals surface area contributed by atoms with E-state index in [1.54, 1.807) is 43.3 Å². The fourth-order valence-corrected chi connectivity index (χ4v) is 3.12. The molecular formula is C21H15NO4. The third kappa shape index (κ3) is 2.45.